The van der Waals surface area contributed by atoms with Crippen molar-refractivity contribution in [1.29, 1.82) is 0 Å². The minimum atomic E-state index is -0.259. The van der Waals surface area contributed by atoms with Crippen molar-refractivity contribution < 1.29 is 9.53 Å². The third-order valence-electron chi connectivity index (χ3n) is 2.13. The smallest absolute Gasteiger partial charge is 0.302 e. The van der Waals surface area contributed by atoms with Crippen molar-refractivity contribution in [3.8, 4) is 0 Å². The van der Waals surface area contributed by atoms with Crippen LogP contribution in [-0.2, 0) is 9.53 Å². The third kappa shape index (κ3) is 4.49. The molecule has 0 saturated heterocycles. The van der Waals surface area contributed by atoms with Gasteiger partial charge >= 0.3 is 5.97 Å². The van der Waals surface area contributed by atoms with Crippen LogP contribution in [0.5, 0.6) is 0 Å². The van der Waals surface area contributed by atoms with Gasteiger partial charge in [0.2, 0.25) is 0 Å². The molecule has 0 saturated carbocycles. The molecular formula is C13H15ClO2. The Labute approximate surface area is 101 Å². The summed E-state index contributed by atoms with van der Waals surface area (Å²) in [5.41, 5.74) is 2.09. The first-order valence-corrected chi connectivity index (χ1v) is 5.58. The van der Waals surface area contributed by atoms with Gasteiger partial charge in [0, 0.05) is 11.9 Å². The summed E-state index contributed by atoms with van der Waals surface area (Å²) < 4.78 is 4.96. The number of esters is 1. The van der Waals surface area contributed by atoms with Crippen molar-refractivity contribution in [3.05, 3.63) is 40.4 Å². The molecule has 1 aromatic carbocycles. The summed E-state index contributed by atoms with van der Waals surface area (Å²) >= 11 is 5.88. The summed E-state index contributed by atoms with van der Waals surface area (Å²) in [4.78, 5) is 10.7. The van der Waals surface area contributed by atoms with Gasteiger partial charge in [-0.25, -0.2) is 0 Å². The lowest BCUT2D eigenvalue weighted by Crippen LogP contribution is -2.02. The Morgan fingerprint density at radius 1 is 1.50 bits per heavy atom. The topological polar surface area (TPSA) is 26.3 Å². The Balaban J connectivity index is 2.75. The molecule has 0 aliphatic carbocycles. The molecule has 0 heterocycles. The zero-order valence-electron chi connectivity index (χ0n) is 9.50. The average molecular weight is 239 g/mol. The van der Waals surface area contributed by atoms with Crippen LogP contribution < -0.4 is 0 Å². The van der Waals surface area contributed by atoms with E-state index in [9.17, 15) is 4.79 Å². The van der Waals surface area contributed by atoms with Crippen molar-refractivity contribution in [2.45, 2.75) is 20.3 Å². The first kappa shape index (κ1) is 12.8. The van der Waals surface area contributed by atoms with E-state index in [1.165, 1.54) is 6.92 Å². The Kier molecular flexibility index (Phi) is 5.06. The van der Waals surface area contributed by atoms with Gasteiger partial charge in [0.1, 0.15) is 6.61 Å². The molecule has 0 amide bonds. The molecule has 0 fully saturated rings. The van der Waals surface area contributed by atoms with E-state index in [1.54, 1.807) is 0 Å². The van der Waals surface area contributed by atoms with Gasteiger partial charge in [0.25, 0.3) is 0 Å². The third-order valence-corrected chi connectivity index (χ3v) is 2.37. The SMILES string of the molecule is CCC(=Cc1cccc(Cl)c1)COC(C)=O. The van der Waals surface area contributed by atoms with E-state index < -0.39 is 0 Å². The van der Waals surface area contributed by atoms with Gasteiger partial charge in [-0.15, -0.1) is 0 Å². The number of hydrogen-bond acceptors (Lipinski definition) is 2. The van der Waals surface area contributed by atoms with Crippen LogP contribution in [-0.4, -0.2) is 12.6 Å². The molecule has 0 spiro atoms. The zero-order chi connectivity index (χ0) is 12.0. The Hall–Kier alpha value is -1.28. The minimum Gasteiger partial charge on any atom is -0.461 e. The lowest BCUT2D eigenvalue weighted by atomic mass is 10.1. The zero-order valence-corrected chi connectivity index (χ0v) is 10.3. The van der Waals surface area contributed by atoms with E-state index in [0.29, 0.717) is 11.6 Å². The van der Waals surface area contributed by atoms with Crippen LogP contribution in [0.3, 0.4) is 0 Å². The van der Waals surface area contributed by atoms with E-state index in [4.69, 9.17) is 16.3 Å². The van der Waals surface area contributed by atoms with Gasteiger partial charge in [-0.2, -0.15) is 0 Å². The minimum absolute atomic E-state index is 0.259. The lowest BCUT2D eigenvalue weighted by molar-refractivity contribution is -0.139. The number of rotatable bonds is 4. The van der Waals surface area contributed by atoms with Gasteiger partial charge < -0.3 is 4.74 Å². The number of ether oxygens (including phenoxy) is 1. The fourth-order valence-electron chi connectivity index (χ4n) is 1.27. The number of hydrogen-bond donors (Lipinski definition) is 0. The van der Waals surface area contributed by atoms with Crippen molar-refractivity contribution >= 4 is 23.6 Å². The van der Waals surface area contributed by atoms with Crippen LogP contribution in [0.4, 0.5) is 0 Å². The summed E-state index contributed by atoms with van der Waals surface area (Å²) in [5, 5.41) is 0.705. The summed E-state index contributed by atoms with van der Waals surface area (Å²) in [6.45, 7) is 3.78. The van der Waals surface area contributed by atoms with Crippen LogP contribution in [0.2, 0.25) is 5.02 Å². The predicted octanol–water partition coefficient (Wildman–Crippen LogP) is 3.70. The van der Waals surface area contributed by atoms with Crippen LogP contribution >= 0.6 is 11.6 Å². The molecule has 2 nitrogen and oxygen atoms in total. The number of carbonyl (C=O) groups excluding carboxylic acids is 1. The molecule has 1 rings (SSSR count). The van der Waals surface area contributed by atoms with Crippen molar-refractivity contribution in [2.75, 3.05) is 6.61 Å². The maximum Gasteiger partial charge on any atom is 0.302 e. The highest BCUT2D eigenvalue weighted by atomic mass is 35.5. The maximum atomic E-state index is 10.7. The largest absolute Gasteiger partial charge is 0.461 e. The summed E-state index contributed by atoms with van der Waals surface area (Å²) in [6, 6.07) is 7.57. The standard InChI is InChI=1S/C13H15ClO2/c1-3-11(9-16-10(2)15)7-12-5-4-6-13(14)8-12/h4-8H,3,9H2,1-2H3. The quantitative estimate of drug-likeness (QED) is 0.748. The number of carbonyl (C=O) groups is 1. The van der Waals surface area contributed by atoms with Crippen molar-refractivity contribution in [1.82, 2.24) is 0 Å². The van der Waals surface area contributed by atoms with Gasteiger partial charge in [0.05, 0.1) is 0 Å². The Morgan fingerprint density at radius 2 is 2.25 bits per heavy atom. The lowest BCUT2D eigenvalue weighted by Gasteiger charge is -2.05. The van der Waals surface area contributed by atoms with E-state index in [0.717, 1.165) is 17.6 Å². The molecule has 0 bridgehead atoms. The molecule has 0 aromatic heterocycles. The monoisotopic (exact) mass is 238 g/mol. The van der Waals surface area contributed by atoms with Crippen molar-refractivity contribution in [3.63, 3.8) is 0 Å². The predicted molar refractivity (Wildman–Crippen MR) is 66.4 cm³/mol. The van der Waals surface area contributed by atoms with Gasteiger partial charge in [-0.05, 0) is 29.7 Å². The molecular weight excluding hydrogens is 224 g/mol. The van der Waals surface area contributed by atoms with Crippen LogP contribution in [0.15, 0.2) is 29.8 Å². The van der Waals surface area contributed by atoms with E-state index >= 15 is 0 Å². The molecule has 0 aliphatic heterocycles. The van der Waals surface area contributed by atoms with E-state index in [-0.39, 0.29) is 5.97 Å². The molecule has 16 heavy (non-hydrogen) atoms. The first-order valence-electron chi connectivity index (χ1n) is 5.20. The van der Waals surface area contributed by atoms with Crippen LogP contribution in [0.1, 0.15) is 25.8 Å². The Bertz CT molecular complexity index is 397. The van der Waals surface area contributed by atoms with Crippen LogP contribution in [0.25, 0.3) is 6.08 Å². The molecule has 86 valence electrons. The second-order valence-electron chi connectivity index (χ2n) is 3.49. The normalized spacial score (nSPS) is 11.3. The highest BCUT2D eigenvalue weighted by Crippen LogP contribution is 2.15. The highest BCUT2D eigenvalue weighted by molar-refractivity contribution is 6.30. The second kappa shape index (κ2) is 6.33. The molecule has 0 N–H and O–H groups in total. The molecule has 3 heteroatoms. The van der Waals surface area contributed by atoms with Crippen molar-refractivity contribution in [2.24, 2.45) is 0 Å². The molecule has 0 aliphatic rings. The summed E-state index contributed by atoms with van der Waals surface area (Å²) in [6.07, 6.45) is 2.84. The van der Waals surface area contributed by atoms with E-state index in [1.807, 2.05) is 37.3 Å². The summed E-state index contributed by atoms with van der Waals surface area (Å²) in [7, 11) is 0. The fourth-order valence-corrected chi connectivity index (χ4v) is 1.47. The number of halogens is 1. The average Bonchev–Trinajstić information content (AvgIpc) is 2.24. The molecule has 0 unspecified atom stereocenters. The Morgan fingerprint density at radius 3 is 2.81 bits per heavy atom. The summed E-state index contributed by atoms with van der Waals surface area (Å²) in [5.74, 6) is -0.259. The highest BCUT2D eigenvalue weighted by Gasteiger charge is 1.99. The van der Waals surface area contributed by atoms with Gasteiger partial charge in [-0.3, -0.25) is 4.79 Å². The maximum absolute atomic E-state index is 10.7. The van der Waals surface area contributed by atoms with Gasteiger partial charge in [0.15, 0.2) is 0 Å². The molecule has 0 atom stereocenters. The molecule has 0 radical (unpaired) electrons. The van der Waals surface area contributed by atoms with Gasteiger partial charge in [-0.1, -0.05) is 36.7 Å². The second-order valence-corrected chi connectivity index (χ2v) is 3.93. The van der Waals surface area contributed by atoms with Crippen LogP contribution in [0, 0.1) is 0 Å². The fraction of sp³-hybridized carbons (Fsp3) is 0.308. The molecule has 1 aromatic rings. The number of benzene rings is 1. The van der Waals surface area contributed by atoms with E-state index in [2.05, 4.69) is 0 Å². The first-order chi connectivity index (χ1) is 7.61.